The monoisotopic (exact) mass is 232 g/mol. The van der Waals surface area contributed by atoms with E-state index in [0.29, 0.717) is 11.3 Å². The van der Waals surface area contributed by atoms with E-state index >= 15 is 0 Å². The molecule has 3 N–H and O–H groups in total. The molecule has 0 aliphatic heterocycles. The third kappa shape index (κ3) is 2.10. The van der Waals surface area contributed by atoms with Gasteiger partial charge in [-0.25, -0.2) is 0 Å². The van der Waals surface area contributed by atoms with Gasteiger partial charge in [-0.05, 0) is 24.6 Å². The van der Waals surface area contributed by atoms with Gasteiger partial charge in [0, 0.05) is 18.3 Å². The predicted octanol–water partition coefficient (Wildman–Crippen LogP) is 0.987. The molecule has 0 radical (unpaired) electrons. The summed E-state index contributed by atoms with van der Waals surface area (Å²) in [6.45, 7) is 1.91. The zero-order chi connectivity index (χ0) is 12.4. The highest BCUT2D eigenvalue weighted by Crippen LogP contribution is 2.21. The molecule has 1 aromatic heterocycles. The standard InChI is InChI=1S/C11H12N4O2/c1-6-3-4-7(5-8(6)12)11-14-9(15-17-11)10(16)13-2/h3-5H,12H2,1-2H3,(H,13,16). The molecular formula is C11H12N4O2. The van der Waals surface area contributed by atoms with Crippen LogP contribution in [0.25, 0.3) is 11.5 Å². The number of benzene rings is 1. The van der Waals surface area contributed by atoms with Crippen LogP contribution in [-0.2, 0) is 0 Å². The van der Waals surface area contributed by atoms with Crippen molar-refractivity contribution >= 4 is 11.6 Å². The van der Waals surface area contributed by atoms with Crippen LogP contribution < -0.4 is 11.1 Å². The quantitative estimate of drug-likeness (QED) is 0.753. The van der Waals surface area contributed by atoms with E-state index in [1.807, 2.05) is 19.1 Å². The largest absolute Gasteiger partial charge is 0.398 e. The van der Waals surface area contributed by atoms with Crippen molar-refractivity contribution in [2.24, 2.45) is 0 Å². The highest BCUT2D eigenvalue weighted by atomic mass is 16.5. The molecule has 1 heterocycles. The smallest absolute Gasteiger partial charge is 0.292 e. The van der Waals surface area contributed by atoms with Crippen molar-refractivity contribution in [3.8, 4) is 11.5 Å². The van der Waals surface area contributed by atoms with Crippen molar-refractivity contribution in [3.05, 3.63) is 29.6 Å². The van der Waals surface area contributed by atoms with E-state index in [0.717, 1.165) is 5.56 Å². The number of hydrogen-bond acceptors (Lipinski definition) is 5. The lowest BCUT2D eigenvalue weighted by Crippen LogP contribution is -2.19. The maximum absolute atomic E-state index is 11.3. The molecular weight excluding hydrogens is 220 g/mol. The van der Waals surface area contributed by atoms with Gasteiger partial charge in [0.2, 0.25) is 0 Å². The van der Waals surface area contributed by atoms with E-state index < -0.39 is 0 Å². The second-order valence-corrected chi connectivity index (χ2v) is 3.57. The summed E-state index contributed by atoms with van der Waals surface area (Å²) >= 11 is 0. The zero-order valence-electron chi connectivity index (χ0n) is 9.52. The number of amides is 1. The van der Waals surface area contributed by atoms with Gasteiger partial charge in [0.25, 0.3) is 17.6 Å². The van der Waals surface area contributed by atoms with Crippen LogP contribution in [-0.4, -0.2) is 23.1 Å². The predicted molar refractivity (Wildman–Crippen MR) is 62.3 cm³/mol. The number of hydrogen-bond donors (Lipinski definition) is 2. The molecule has 0 aliphatic carbocycles. The van der Waals surface area contributed by atoms with Crippen LogP contribution in [0, 0.1) is 6.92 Å². The second-order valence-electron chi connectivity index (χ2n) is 3.57. The molecule has 0 unspecified atom stereocenters. The average molecular weight is 232 g/mol. The van der Waals surface area contributed by atoms with Gasteiger partial charge in [-0.15, -0.1) is 0 Å². The van der Waals surface area contributed by atoms with Crippen molar-refractivity contribution in [1.82, 2.24) is 15.5 Å². The molecule has 6 heteroatoms. The minimum atomic E-state index is -0.389. The first-order valence-electron chi connectivity index (χ1n) is 5.04. The lowest BCUT2D eigenvalue weighted by atomic mass is 10.1. The molecule has 0 bridgehead atoms. The summed E-state index contributed by atoms with van der Waals surface area (Å²) in [6, 6.07) is 5.40. The molecule has 6 nitrogen and oxygen atoms in total. The van der Waals surface area contributed by atoms with Gasteiger partial charge in [0.15, 0.2) is 0 Å². The molecule has 0 aliphatic rings. The molecule has 2 aromatic rings. The maximum Gasteiger partial charge on any atom is 0.292 e. The summed E-state index contributed by atoms with van der Waals surface area (Å²) in [5, 5.41) is 5.99. The van der Waals surface area contributed by atoms with Crippen LogP contribution in [0.1, 0.15) is 16.2 Å². The Kier molecular flexibility index (Phi) is 2.78. The van der Waals surface area contributed by atoms with Crippen LogP contribution in [0.2, 0.25) is 0 Å². The Morgan fingerprint density at radius 3 is 2.88 bits per heavy atom. The first-order chi connectivity index (χ1) is 8.11. The molecule has 0 fully saturated rings. The van der Waals surface area contributed by atoms with Crippen LogP contribution in [0.3, 0.4) is 0 Å². The fourth-order valence-corrected chi connectivity index (χ4v) is 1.32. The van der Waals surface area contributed by atoms with Gasteiger partial charge in [0.1, 0.15) is 0 Å². The van der Waals surface area contributed by atoms with Crippen molar-refractivity contribution in [2.45, 2.75) is 6.92 Å². The fourth-order valence-electron chi connectivity index (χ4n) is 1.32. The number of nitrogen functional groups attached to an aromatic ring is 1. The minimum absolute atomic E-state index is 0.00152. The lowest BCUT2D eigenvalue weighted by molar-refractivity contribution is 0.0950. The molecule has 17 heavy (non-hydrogen) atoms. The Morgan fingerprint density at radius 1 is 1.47 bits per heavy atom. The van der Waals surface area contributed by atoms with Crippen LogP contribution in [0.4, 0.5) is 5.69 Å². The highest BCUT2D eigenvalue weighted by Gasteiger charge is 2.14. The van der Waals surface area contributed by atoms with Crippen LogP contribution >= 0.6 is 0 Å². The number of nitrogens with zero attached hydrogens (tertiary/aromatic N) is 2. The van der Waals surface area contributed by atoms with Gasteiger partial charge in [-0.3, -0.25) is 4.79 Å². The van der Waals surface area contributed by atoms with E-state index in [4.69, 9.17) is 10.3 Å². The van der Waals surface area contributed by atoms with E-state index in [9.17, 15) is 4.79 Å². The highest BCUT2D eigenvalue weighted by molar-refractivity contribution is 5.90. The van der Waals surface area contributed by atoms with Crippen molar-refractivity contribution in [2.75, 3.05) is 12.8 Å². The van der Waals surface area contributed by atoms with Gasteiger partial charge in [-0.2, -0.15) is 4.98 Å². The molecule has 0 saturated carbocycles. The number of nitrogens with one attached hydrogen (secondary N) is 1. The molecule has 0 saturated heterocycles. The number of nitrogens with two attached hydrogens (primary N) is 1. The van der Waals surface area contributed by atoms with Crippen LogP contribution in [0.15, 0.2) is 22.7 Å². The fraction of sp³-hybridized carbons (Fsp3) is 0.182. The third-order valence-corrected chi connectivity index (χ3v) is 2.38. The number of rotatable bonds is 2. The van der Waals surface area contributed by atoms with Crippen LogP contribution in [0.5, 0.6) is 0 Å². The molecule has 0 atom stereocenters. The Labute approximate surface area is 97.8 Å². The molecule has 0 spiro atoms. The van der Waals surface area contributed by atoms with Gasteiger partial charge in [-0.1, -0.05) is 11.2 Å². The minimum Gasteiger partial charge on any atom is -0.398 e. The summed E-state index contributed by atoms with van der Waals surface area (Å²) in [7, 11) is 1.50. The Hall–Kier alpha value is -2.37. The van der Waals surface area contributed by atoms with Crippen molar-refractivity contribution in [1.29, 1.82) is 0 Å². The second kappa shape index (κ2) is 4.25. The molecule has 1 aromatic carbocycles. The topological polar surface area (TPSA) is 94.0 Å². The first kappa shape index (κ1) is 11.1. The Bertz CT molecular complexity index is 562. The summed E-state index contributed by atoms with van der Waals surface area (Å²) in [4.78, 5) is 15.2. The third-order valence-electron chi connectivity index (χ3n) is 2.38. The van der Waals surface area contributed by atoms with Gasteiger partial charge in [0.05, 0.1) is 0 Å². The maximum atomic E-state index is 11.3. The number of carbonyl (C=O) groups is 1. The zero-order valence-corrected chi connectivity index (χ0v) is 9.52. The van der Waals surface area contributed by atoms with E-state index in [1.165, 1.54) is 7.05 Å². The molecule has 1 amide bonds. The first-order valence-corrected chi connectivity index (χ1v) is 5.04. The van der Waals surface area contributed by atoms with E-state index in [1.54, 1.807) is 6.07 Å². The number of anilines is 1. The number of aromatic nitrogens is 2. The normalized spacial score (nSPS) is 10.2. The number of carbonyl (C=O) groups excluding carboxylic acids is 1. The Morgan fingerprint density at radius 2 is 2.24 bits per heavy atom. The molecule has 2 rings (SSSR count). The van der Waals surface area contributed by atoms with E-state index in [-0.39, 0.29) is 17.6 Å². The van der Waals surface area contributed by atoms with Crippen molar-refractivity contribution in [3.63, 3.8) is 0 Å². The summed E-state index contributed by atoms with van der Waals surface area (Å²) in [5.74, 6) is -0.114. The summed E-state index contributed by atoms with van der Waals surface area (Å²) in [5.41, 5.74) is 8.09. The Balaban J connectivity index is 2.37. The van der Waals surface area contributed by atoms with Gasteiger partial charge >= 0.3 is 0 Å². The summed E-state index contributed by atoms with van der Waals surface area (Å²) in [6.07, 6.45) is 0. The average Bonchev–Trinajstić information content (AvgIpc) is 2.81. The van der Waals surface area contributed by atoms with Gasteiger partial charge < -0.3 is 15.6 Å². The lowest BCUT2D eigenvalue weighted by Gasteiger charge is -2.00. The van der Waals surface area contributed by atoms with Crippen molar-refractivity contribution < 1.29 is 9.32 Å². The molecule has 88 valence electrons. The van der Waals surface area contributed by atoms with E-state index in [2.05, 4.69) is 15.5 Å². The SMILES string of the molecule is CNC(=O)c1noc(-c2ccc(C)c(N)c2)n1. The summed E-state index contributed by atoms with van der Waals surface area (Å²) < 4.78 is 4.99. The number of aryl methyl sites for hydroxylation is 1.